The molecule has 2 aromatic carbocycles. The van der Waals surface area contributed by atoms with Gasteiger partial charge in [-0.1, -0.05) is 17.7 Å². The van der Waals surface area contributed by atoms with Crippen molar-refractivity contribution in [3.05, 3.63) is 54.1 Å². The molecule has 0 unspecified atom stereocenters. The monoisotopic (exact) mass is 247 g/mol. The fourth-order valence-corrected chi connectivity index (χ4v) is 2.05. The predicted molar refractivity (Wildman–Crippen MR) is 74.4 cm³/mol. The zero-order valence-corrected chi connectivity index (χ0v) is 10.7. The van der Waals surface area contributed by atoms with Gasteiger partial charge in [0, 0.05) is 15.5 Å². The molecule has 82 valence electrons. The molecular weight excluding hydrogens is 234 g/mol. The van der Waals surface area contributed by atoms with E-state index in [0.29, 0.717) is 0 Å². The van der Waals surface area contributed by atoms with Crippen molar-refractivity contribution in [2.75, 3.05) is 4.72 Å². The smallest absolute Gasteiger partial charge is 0.0443 e. The second-order valence-electron chi connectivity index (χ2n) is 3.56. The summed E-state index contributed by atoms with van der Waals surface area (Å²) in [6.07, 6.45) is 0. The lowest BCUT2D eigenvalue weighted by Crippen LogP contribution is -1.86. The summed E-state index contributed by atoms with van der Waals surface area (Å²) in [6, 6.07) is 16.4. The lowest BCUT2D eigenvalue weighted by molar-refractivity contribution is 1.38. The number of hydrogen-bond acceptors (Lipinski definition) is 3. The minimum absolute atomic E-state index is 0.978. The third-order valence-electron chi connectivity index (χ3n) is 2.18. The highest BCUT2D eigenvalue weighted by molar-refractivity contribution is 8.00. The highest BCUT2D eigenvalue weighted by Gasteiger charge is 1.94. The Labute approximate surface area is 106 Å². The Bertz CT molecular complexity index is 403. The molecule has 0 saturated heterocycles. The van der Waals surface area contributed by atoms with Crippen LogP contribution in [0.25, 0.3) is 0 Å². The minimum Gasteiger partial charge on any atom is -0.326 e. The lowest BCUT2D eigenvalue weighted by atomic mass is 10.2. The summed E-state index contributed by atoms with van der Waals surface area (Å²) in [6.45, 7) is 2.09. The molecule has 16 heavy (non-hydrogen) atoms. The van der Waals surface area contributed by atoms with E-state index in [9.17, 15) is 0 Å². The Balaban J connectivity index is 1.97. The average Bonchev–Trinajstić information content (AvgIpc) is 2.30. The first-order valence-electron chi connectivity index (χ1n) is 5.02. The Morgan fingerprint density at radius 2 is 1.56 bits per heavy atom. The molecule has 0 spiro atoms. The second-order valence-corrected chi connectivity index (χ2v) is 4.96. The highest BCUT2D eigenvalue weighted by atomic mass is 32.2. The SMILES string of the molecule is Cc1ccc(SNc2ccc(S)cc2)cc1. The van der Waals surface area contributed by atoms with Gasteiger partial charge in [0.1, 0.15) is 0 Å². The average molecular weight is 247 g/mol. The van der Waals surface area contributed by atoms with Crippen molar-refractivity contribution in [1.29, 1.82) is 0 Å². The standard InChI is InChI=1S/C13H13NS2/c1-10-2-8-13(9-3-10)16-14-11-4-6-12(15)7-5-11/h2-9,14-15H,1H3. The van der Waals surface area contributed by atoms with Crippen LogP contribution >= 0.6 is 24.6 Å². The van der Waals surface area contributed by atoms with E-state index >= 15 is 0 Å². The summed E-state index contributed by atoms with van der Waals surface area (Å²) >= 11 is 5.86. The van der Waals surface area contributed by atoms with Gasteiger partial charge in [0.25, 0.3) is 0 Å². The summed E-state index contributed by atoms with van der Waals surface area (Å²) in [4.78, 5) is 2.19. The van der Waals surface area contributed by atoms with Gasteiger partial charge in [-0.2, -0.15) is 0 Å². The first kappa shape index (κ1) is 11.4. The Hall–Kier alpha value is -1.06. The predicted octanol–water partition coefficient (Wildman–Crippen LogP) is 4.40. The number of benzene rings is 2. The van der Waals surface area contributed by atoms with E-state index in [1.165, 1.54) is 10.5 Å². The molecular formula is C13H13NS2. The number of anilines is 1. The summed E-state index contributed by atoms with van der Waals surface area (Å²) < 4.78 is 3.29. The first-order valence-corrected chi connectivity index (χ1v) is 6.29. The topological polar surface area (TPSA) is 12.0 Å². The van der Waals surface area contributed by atoms with Gasteiger partial charge in [-0.15, -0.1) is 12.6 Å². The van der Waals surface area contributed by atoms with Crippen LogP contribution in [0.2, 0.25) is 0 Å². The molecule has 0 aliphatic heterocycles. The molecule has 1 N–H and O–H groups in total. The van der Waals surface area contributed by atoms with Crippen LogP contribution in [0.4, 0.5) is 5.69 Å². The zero-order valence-electron chi connectivity index (χ0n) is 8.97. The van der Waals surface area contributed by atoms with Crippen LogP contribution in [0.5, 0.6) is 0 Å². The fraction of sp³-hybridized carbons (Fsp3) is 0.0769. The molecule has 0 radical (unpaired) electrons. The third-order valence-corrected chi connectivity index (χ3v) is 3.32. The van der Waals surface area contributed by atoms with Gasteiger partial charge >= 0.3 is 0 Å². The lowest BCUT2D eigenvalue weighted by Gasteiger charge is -2.05. The van der Waals surface area contributed by atoms with Crippen molar-refractivity contribution in [2.45, 2.75) is 16.7 Å². The van der Waals surface area contributed by atoms with Gasteiger partial charge in [0.15, 0.2) is 0 Å². The molecule has 2 aromatic rings. The van der Waals surface area contributed by atoms with Crippen LogP contribution in [0.1, 0.15) is 5.56 Å². The van der Waals surface area contributed by atoms with E-state index in [0.717, 1.165) is 10.6 Å². The van der Waals surface area contributed by atoms with E-state index in [-0.39, 0.29) is 0 Å². The van der Waals surface area contributed by atoms with E-state index < -0.39 is 0 Å². The van der Waals surface area contributed by atoms with E-state index in [1.807, 2.05) is 24.3 Å². The molecule has 3 heteroatoms. The van der Waals surface area contributed by atoms with Crippen molar-refractivity contribution < 1.29 is 0 Å². The first-order chi connectivity index (χ1) is 7.74. The van der Waals surface area contributed by atoms with Gasteiger partial charge < -0.3 is 4.72 Å². The van der Waals surface area contributed by atoms with Crippen molar-refractivity contribution in [3.63, 3.8) is 0 Å². The molecule has 0 fully saturated rings. The molecule has 1 nitrogen and oxygen atoms in total. The largest absolute Gasteiger partial charge is 0.326 e. The number of rotatable bonds is 3. The van der Waals surface area contributed by atoms with Gasteiger partial charge in [-0.25, -0.2) is 0 Å². The van der Waals surface area contributed by atoms with Crippen LogP contribution in [0.15, 0.2) is 58.3 Å². The fourth-order valence-electron chi connectivity index (χ4n) is 1.25. The zero-order chi connectivity index (χ0) is 11.4. The van der Waals surface area contributed by atoms with Crippen molar-refractivity contribution in [1.82, 2.24) is 0 Å². The molecule has 0 atom stereocenters. The van der Waals surface area contributed by atoms with Gasteiger partial charge in [0.2, 0.25) is 0 Å². The van der Waals surface area contributed by atoms with E-state index in [1.54, 1.807) is 11.9 Å². The van der Waals surface area contributed by atoms with E-state index in [2.05, 4.69) is 48.5 Å². The third kappa shape index (κ3) is 3.22. The number of nitrogens with one attached hydrogen (secondary N) is 1. The van der Waals surface area contributed by atoms with Crippen LogP contribution in [-0.2, 0) is 0 Å². The van der Waals surface area contributed by atoms with Crippen molar-refractivity contribution in [2.24, 2.45) is 0 Å². The number of hydrogen-bond donors (Lipinski definition) is 2. The molecule has 0 aliphatic carbocycles. The Kier molecular flexibility index (Phi) is 3.80. The summed E-state index contributed by atoms with van der Waals surface area (Å²) in [7, 11) is 0. The maximum absolute atomic E-state index is 4.25. The van der Waals surface area contributed by atoms with Crippen LogP contribution < -0.4 is 4.72 Å². The van der Waals surface area contributed by atoms with Gasteiger partial charge in [-0.3, -0.25) is 0 Å². The maximum atomic E-state index is 4.25. The molecule has 0 aliphatic rings. The summed E-state index contributed by atoms with van der Waals surface area (Å²) in [5.41, 5.74) is 2.37. The Morgan fingerprint density at radius 3 is 2.19 bits per heavy atom. The molecule has 2 rings (SSSR count). The van der Waals surface area contributed by atoms with E-state index in [4.69, 9.17) is 0 Å². The van der Waals surface area contributed by atoms with Crippen LogP contribution in [-0.4, -0.2) is 0 Å². The molecule has 0 heterocycles. The minimum atomic E-state index is 0.978. The second kappa shape index (κ2) is 5.32. The number of aryl methyl sites for hydroxylation is 1. The quantitative estimate of drug-likeness (QED) is 0.616. The van der Waals surface area contributed by atoms with Crippen molar-refractivity contribution in [3.8, 4) is 0 Å². The summed E-state index contributed by atoms with van der Waals surface area (Å²) in [5.74, 6) is 0. The van der Waals surface area contributed by atoms with Gasteiger partial charge in [-0.05, 0) is 55.3 Å². The Morgan fingerprint density at radius 1 is 0.938 bits per heavy atom. The molecule has 0 amide bonds. The van der Waals surface area contributed by atoms with Crippen molar-refractivity contribution >= 4 is 30.3 Å². The van der Waals surface area contributed by atoms with Crippen LogP contribution in [0.3, 0.4) is 0 Å². The molecule has 0 aromatic heterocycles. The maximum Gasteiger partial charge on any atom is 0.0443 e. The highest BCUT2D eigenvalue weighted by Crippen LogP contribution is 2.22. The van der Waals surface area contributed by atoms with Gasteiger partial charge in [0.05, 0.1) is 0 Å². The molecule has 0 saturated carbocycles. The van der Waals surface area contributed by atoms with Crippen LogP contribution in [0, 0.1) is 6.92 Å². The summed E-state index contributed by atoms with van der Waals surface area (Å²) in [5, 5.41) is 0. The number of thiol groups is 1. The molecule has 0 bridgehead atoms. The normalized spacial score (nSPS) is 10.1.